The molecular weight excluding hydrogens is 193 g/mol. The molecule has 0 radical (unpaired) electrons. The van der Waals surface area contributed by atoms with Crippen molar-refractivity contribution < 1.29 is 9.50 Å². The van der Waals surface area contributed by atoms with Crippen LogP contribution in [0.5, 0.6) is 0 Å². The highest BCUT2D eigenvalue weighted by molar-refractivity contribution is 5.30. The molecule has 0 unspecified atom stereocenters. The number of aliphatic hydroxyl groups is 1. The van der Waals surface area contributed by atoms with Crippen molar-refractivity contribution in [1.29, 1.82) is 0 Å². The second kappa shape index (κ2) is 4.29. The lowest BCUT2D eigenvalue weighted by atomic mass is 9.80. The fourth-order valence-corrected chi connectivity index (χ4v) is 1.51. The summed E-state index contributed by atoms with van der Waals surface area (Å²) in [6.45, 7) is 5.61. The molecule has 3 heteroatoms. The van der Waals surface area contributed by atoms with Crippen molar-refractivity contribution in [2.45, 2.75) is 26.8 Å². The number of nitrogens with two attached hydrogens (primary N) is 1. The third kappa shape index (κ3) is 2.55. The zero-order valence-corrected chi connectivity index (χ0v) is 9.42. The third-order valence-corrected chi connectivity index (χ3v) is 2.82. The molecule has 0 saturated heterocycles. The number of hydrogen-bond acceptors (Lipinski definition) is 2. The minimum absolute atomic E-state index is 0.00494. The maximum Gasteiger partial charge on any atom is 0.123 e. The summed E-state index contributed by atoms with van der Waals surface area (Å²) in [7, 11) is 0. The van der Waals surface area contributed by atoms with Crippen LogP contribution in [0.15, 0.2) is 18.2 Å². The molecule has 0 saturated carbocycles. The first kappa shape index (κ1) is 12.1. The maximum absolute atomic E-state index is 12.9. The SMILES string of the molecule is Cc1cc(F)ccc1[C@@H](N)C(C)(C)CO. The van der Waals surface area contributed by atoms with Gasteiger partial charge in [0.2, 0.25) is 0 Å². The van der Waals surface area contributed by atoms with Crippen LogP contribution < -0.4 is 5.73 Å². The van der Waals surface area contributed by atoms with Crippen LogP contribution in [0.2, 0.25) is 0 Å². The summed E-state index contributed by atoms with van der Waals surface area (Å²) >= 11 is 0. The molecule has 0 spiro atoms. The number of rotatable bonds is 3. The Labute approximate surface area is 89.9 Å². The van der Waals surface area contributed by atoms with Crippen LogP contribution in [0.1, 0.15) is 31.0 Å². The van der Waals surface area contributed by atoms with Crippen LogP contribution in [-0.2, 0) is 0 Å². The van der Waals surface area contributed by atoms with E-state index in [1.54, 1.807) is 6.07 Å². The van der Waals surface area contributed by atoms with Crippen molar-refractivity contribution in [1.82, 2.24) is 0 Å². The first-order valence-electron chi connectivity index (χ1n) is 5.01. The topological polar surface area (TPSA) is 46.2 Å². The highest BCUT2D eigenvalue weighted by Gasteiger charge is 2.27. The van der Waals surface area contributed by atoms with Gasteiger partial charge in [0.15, 0.2) is 0 Å². The molecule has 0 fully saturated rings. The average molecular weight is 211 g/mol. The highest BCUT2D eigenvalue weighted by Crippen LogP contribution is 2.32. The van der Waals surface area contributed by atoms with Crippen LogP contribution in [0.3, 0.4) is 0 Å². The van der Waals surface area contributed by atoms with E-state index in [-0.39, 0.29) is 18.5 Å². The van der Waals surface area contributed by atoms with Gasteiger partial charge < -0.3 is 10.8 Å². The van der Waals surface area contributed by atoms with E-state index in [1.165, 1.54) is 12.1 Å². The lowest BCUT2D eigenvalue weighted by molar-refractivity contribution is 0.132. The normalized spacial score (nSPS) is 14.0. The van der Waals surface area contributed by atoms with Crippen molar-refractivity contribution in [3.8, 4) is 0 Å². The van der Waals surface area contributed by atoms with E-state index in [0.29, 0.717) is 0 Å². The molecule has 1 aromatic carbocycles. The van der Waals surface area contributed by atoms with Crippen molar-refractivity contribution >= 4 is 0 Å². The lowest BCUT2D eigenvalue weighted by Gasteiger charge is -2.30. The van der Waals surface area contributed by atoms with E-state index >= 15 is 0 Å². The minimum Gasteiger partial charge on any atom is -0.396 e. The van der Waals surface area contributed by atoms with Crippen molar-refractivity contribution in [2.75, 3.05) is 6.61 Å². The Morgan fingerprint density at radius 3 is 2.53 bits per heavy atom. The first-order chi connectivity index (χ1) is 6.88. The Balaban J connectivity index is 3.06. The van der Waals surface area contributed by atoms with Gasteiger partial charge in [-0.25, -0.2) is 4.39 Å². The third-order valence-electron chi connectivity index (χ3n) is 2.82. The number of benzene rings is 1. The van der Waals surface area contributed by atoms with E-state index < -0.39 is 5.41 Å². The Kier molecular flexibility index (Phi) is 3.47. The molecule has 0 bridgehead atoms. The van der Waals surface area contributed by atoms with E-state index in [2.05, 4.69) is 0 Å². The van der Waals surface area contributed by atoms with Gasteiger partial charge >= 0.3 is 0 Å². The smallest absolute Gasteiger partial charge is 0.123 e. The van der Waals surface area contributed by atoms with Gasteiger partial charge in [0.25, 0.3) is 0 Å². The first-order valence-corrected chi connectivity index (χ1v) is 5.01. The monoisotopic (exact) mass is 211 g/mol. The molecule has 84 valence electrons. The number of aryl methyl sites for hydroxylation is 1. The van der Waals surface area contributed by atoms with Crippen molar-refractivity contribution in [2.24, 2.45) is 11.1 Å². The summed E-state index contributed by atoms with van der Waals surface area (Å²) in [5.41, 5.74) is 7.36. The molecule has 15 heavy (non-hydrogen) atoms. The van der Waals surface area contributed by atoms with E-state index in [9.17, 15) is 9.50 Å². The van der Waals surface area contributed by atoms with E-state index in [1.807, 2.05) is 20.8 Å². The Morgan fingerprint density at radius 2 is 2.07 bits per heavy atom. The predicted molar refractivity (Wildman–Crippen MR) is 58.9 cm³/mol. The minimum atomic E-state index is -0.400. The zero-order chi connectivity index (χ0) is 11.6. The standard InChI is InChI=1S/C12H18FNO/c1-8-6-9(13)4-5-10(8)11(14)12(2,3)7-15/h4-6,11,15H,7,14H2,1-3H3/t11-/m1/s1. The number of aliphatic hydroxyl groups excluding tert-OH is 1. The summed E-state index contributed by atoms with van der Waals surface area (Å²) in [5, 5.41) is 9.22. The quantitative estimate of drug-likeness (QED) is 0.804. The summed E-state index contributed by atoms with van der Waals surface area (Å²) in [6.07, 6.45) is 0. The van der Waals surface area contributed by atoms with Crippen LogP contribution >= 0.6 is 0 Å². The Hall–Kier alpha value is -0.930. The molecule has 0 aliphatic rings. The van der Waals surface area contributed by atoms with Crippen molar-refractivity contribution in [3.05, 3.63) is 35.1 Å². The fraction of sp³-hybridized carbons (Fsp3) is 0.500. The average Bonchev–Trinajstić information content (AvgIpc) is 2.17. The molecule has 1 rings (SSSR count). The summed E-state index contributed by atoms with van der Waals surface area (Å²) in [5.74, 6) is -0.259. The largest absolute Gasteiger partial charge is 0.396 e. The second-order valence-corrected chi connectivity index (χ2v) is 4.63. The fourth-order valence-electron chi connectivity index (χ4n) is 1.51. The van der Waals surface area contributed by atoms with Gasteiger partial charge in [0.05, 0.1) is 0 Å². The number of halogens is 1. The molecule has 1 aromatic rings. The predicted octanol–water partition coefficient (Wildman–Crippen LogP) is 2.15. The maximum atomic E-state index is 12.9. The van der Waals surface area contributed by atoms with E-state index in [0.717, 1.165) is 11.1 Å². The van der Waals surface area contributed by atoms with Gasteiger partial charge in [-0.05, 0) is 30.2 Å². The molecule has 0 aliphatic heterocycles. The van der Waals surface area contributed by atoms with Crippen LogP contribution in [0.4, 0.5) is 4.39 Å². The molecule has 0 amide bonds. The van der Waals surface area contributed by atoms with Crippen LogP contribution in [-0.4, -0.2) is 11.7 Å². The van der Waals surface area contributed by atoms with Gasteiger partial charge in [-0.15, -0.1) is 0 Å². The van der Waals surface area contributed by atoms with Crippen LogP contribution in [0.25, 0.3) is 0 Å². The zero-order valence-electron chi connectivity index (χ0n) is 9.42. The molecule has 3 N–H and O–H groups in total. The number of hydrogen-bond donors (Lipinski definition) is 2. The molecule has 0 heterocycles. The molecule has 1 atom stereocenters. The van der Waals surface area contributed by atoms with Gasteiger partial charge in [-0.2, -0.15) is 0 Å². The van der Waals surface area contributed by atoms with Crippen LogP contribution in [0, 0.1) is 18.2 Å². The molecule has 0 aromatic heterocycles. The van der Waals surface area contributed by atoms with E-state index in [4.69, 9.17) is 5.73 Å². The van der Waals surface area contributed by atoms with Gasteiger partial charge in [0.1, 0.15) is 5.82 Å². The van der Waals surface area contributed by atoms with Gasteiger partial charge in [0, 0.05) is 18.1 Å². The molecular formula is C12H18FNO. The second-order valence-electron chi connectivity index (χ2n) is 4.63. The lowest BCUT2D eigenvalue weighted by Crippen LogP contribution is -2.32. The summed E-state index contributed by atoms with van der Waals surface area (Å²) in [4.78, 5) is 0. The Bertz CT molecular complexity index is 349. The van der Waals surface area contributed by atoms with Crippen molar-refractivity contribution in [3.63, 3.8) is 0 Å². The highest BCUT2D eigenvalue weighted by atomic mass is 19.1. The molecule has 2 nitrogen and oxygen atoms in total. The summed E-state index contributed by atoms with van der Waals surface area (Å²) < 4.78 is 12.9. The van der Waals surface area contributed by atoms with Gasteiger partial charge in [-0.3, -0.25) is 0 Å². The van der Waals surface area contributed by atoms with Gasteiger partial charge in [-0.1, -0.05) is 19.9 Å². The Morgan fingerprint density at radius 1 is 1.47 bits per heavy atom. The molecule has 0 aliphatic carbocycles. The summed E-state index contributed by atoms with van der Waals surface area (Å²) in [6, 6.07) is 4.26.